The van der Waals surface area contributed by atoms with Crippen molar-refractivity contribution >= 4 is 11.6 Å². The first-order valence-corrected chi connectivity index (χ1v) is 7.70. The zero-order valence-corrected chi connectivity index (χ0v) is 13.9. The van der Waals surface area contributed by atoms with E-state index in [2.05, 4.69) is 10.4 Å². The number of benzene rings is 2. The molecule has 0 bridgehead atoms. The van der Waals surface area contributed by atoms with E-state index in [1.54, 1.807) is 24.3 Å². The lowest BCUT2D eigenvalue weighted by Gasteiger charge is -2.10. The van der Waals surface area contributed by atoms with Gasteiger partial charge in [0.25, 0.3) is 5.91 Å². The molecule has 3 rings (SSSR count). The Morgan fingerprint density at radius 2 is 1.80 bits per heavy atom. The van der Waals surface area contributed by atoms with Crippen molar-refractivity contribution in [3.63, 3.8) is 0 Å². The molecule has 0 aliphatic rings. The molecule has 1 heterocycles. The van der Waals surface area contributed by atoms with Crippen LogP contribution >= 0.6 is 0 Å². The van der Waals surface area contributed by atoms with Gasteiger partial charge in [0.1, 0.15) is 5.75 Å². The van der Waals surface area contributed by atoms with Gasteiger partial charge in [-0.25, -0.2) is 4.68 Å². The molecule has 0 fully saturated rings. The lowest BCUT2D eigenvalue weighted by Crippen LogP contribution is -2.25. The van der Waals surface area contributed by atoms with Gasteiger partial charge in [-0.05, 0) is 31.2 Å². The van der Waals surface area contributed by atoms with Crippen LogP contribution < -0.4 is 15.5 Å². The normalized spacial score (nSPS) is 10.3. The van der Waals surface area contributed by atoms with Crippen LogP contribution in [0.1, 0.15) is 16.1 Å². The number of aryl methyl sites for hydroxylation is 1. The molecule has 3 aromatic rings. The Morgan fingerprint density at radius 1 is 1.08 bits per heavy atom. The first kappa shape index (κ1) is 16.4. The summed E-state index contributed by atoms with van der Waals surface area (Å²) in [6.45, 7) is 1.98. The summed E-state index contributed by atoms with van der Waals surface area (Å²) in [5.74, 6) is -0.0818. The molecule has 0 aliphatic heterocycles. The summed E-state index contributed by atoms with van der Waals surface area (Å²) in [6.07, 6.45) is 1.53. The molecule has 1 amide bonds. The van der Waals surface area contributed by atoms with Crippen LogP contribution in [0.4, 0.5) is 5.69 Å². The average molecular weight is 335 g/mol. The first-order chi connectivity index (χ1) is 12.1. The van der Waals surface area contributed by atoms with Gasteiger partial charge < -0.3 is 10.1 Å². The second kappa shape index (κ2) is 7.00. The molecule has 0 radical (unpaired) electrons. The van der Waals surface area contributed by atoms with Gasteiger partial charge in [-0.2, -0.15) is 5.10 Å². The number of carbonyl (C=O) groups excluding carboxylic acids is 1. The van der Waals surface area contributed by atoms with Gasteiger partial charge in [0.2, 0.25) is 5.43 Å². The molecule has 2 aromatic carbocycles. The molecule has 6 nitrogen and oxygen atoms in total. The molecule has 6 heteroatoms. The fourth-order valence-corrected chi connectivity index (χ4v) is 2.34. The fourth-order valence-electron chi connectivity index (χ4n) is 2.34. The molecule has 0 aliphatic carbocycles. The quantitative estimate of drug-likeness (QED) is 0.796. The predicted octanol–water partition coefficient (Wildman–Crippen LogP) is 2.80. The number of methoxy groups -OCH3 is 1. The van der Waals surface area contributed by atoms with Crippen LogP contribution in [0.2, 0.25) is 0 Å². The Bertz CT molecular complexity index is 962. The van der Waals surface area contributed by atoms with E-state index >= 15 is 0 Å². The minimum Gasteiger partial charge on any atom is -0.495 e. The summed E-state index contributed by atoms with van der Waals surface area (Å²) >= 11 is 0. The van der Waals surface area contributed by atoms with Crippen molar-refractivity contribution in [2.24, 2.45) is 0 Å². The summed E-state index contributed by atoms with van der Waals surface area (Å²) in [6, 6.07) is 15.9. The number of hydrogen-bond donors (Lipinski definition) is 1. The van der Waals surface area contributed by atoms with E-state index in [9.17, 15) is 9.59 Å². The van der Waals surface area contributed by atoms with Gasteiger partial charge in [0.15, 0.2) is 5.69 Å². The standard InChI is InChI=1S/C19H17N3O3/c1-13-7-9-14(10-8-13)22-12-11-16(23)18(21-22)19(24)20-15-5-3-4-6-17(15)25-2/h3-12H,1-2H3,(H,20,24). The van der Waals surface area contributed by atoms with E-state index in [0.717, 1.165) is 11.3 Å². The van der Waals surface area contributed by atoms with Crippen molar-refractivity contribution < 1.29 is 9.53 Å². The van der Waals surface area contributed by atoms with E-state index in [1.807, 2.05) is 31.2 Å². The van der Waals surface area contributed by atoms with E-state index in [4.69, 9.17) is 4.74 Å². The zero-order chi connectivity index (χ0) is 17.8. The highest BCUT2D eigenvalue weighted by Gasteiger charge is 2.15. The van der Waals surface area contributed by atoms with E-state index in [-0.39, 0.29) is 5.69 Å². The lowest BCUT2D eigenvalue weighted by atomic mass is 10.2. The highest BCUT2D eigenvalue weighted by molar-refractivity contribution is 6.03. The van der Waals surface area contributed by atoms with Crippen LogP contribution in [0.25, 0.3) is 5.69 Å². The number of hydrogen-bond acceptors (Lipinski definition) is 4. The minimum absolute atomic E-state index is 0.186. The maximum absolute atomic E-state index is 12.5. The molecule has 126 valence electrons. The number of nitrogens with one attached hydrogen (secondary N) is 1. The summed E-state index contributed by atoms with van der Waals surface area (Å²) < 4.78 is 6.70. The Morgan fingerprint density at radius 3 is 2.52 bits per heavy atom. The molecule has 1 N–H and O–H groups in total. The molecular formula is C19H17N3O3. The number of nitrogens with zero attached hydrogens (tertiary/aromatic N) is 2. The van der Waals surface area contributed by atoms with E-state index in [1.165, 1.54) is 24.1 Å². The van der Waals surface area contributed by atoms with Crippen molar-refractivity contribution in [1.82, 2.24) is 9.78 Å². The lowest BCUT2D eigenvalue weighted by molar-refractivity contribution is 0.101. The first-order valence-electron chi connectivity index (χ1n) is 7.70. The van der Waals surface area contributed by atoms with Crippen LogP contribution in [-0.4, -0.2) is 22.8 Å². The number of ether oxygens (including phenoxy) is 1. The predicted molar refractivity (Wildman–Crippen MR) is 95.5 cm³/mol. The van der Waals surface area contributed by atoms with Crippen LogP contribution in [-0.2, 0) is 0 Å². The van der Waals surface area contributed by atoms with Crippen molar-refractivity contribution in [3.8, 4) is 11.4 Å². The largest absolute Gasteiger partial charge is 0.495 e. The molecular weight excluding hydrogens is 318 g/mol. The van der Waals surface area contributed by atoms with E-state index in [0.29, 0.717) is 11.4 Å². The third-order valence-electron chi connectivity index (χ3n) is 3.68. The Labute approximate surface area is 144 Å². The van der Waals surface area contributed by atoms with Crippen molar-refractivity contribution in [2.45, 2.75) is 6.92 Å². The number of amides is 1. The molecule has 0 saturated carbocycles. The number of anilines is 1. The van der Waals surface area contributed by atoms with Gasteiger partial charge in [-0.1, -0.05) is 29.8 Å². The second-order valence-corrected chi connectivity index (χ2v) is 5.46. The number of aromatic nitrogens is 2. The van der Waals surface area contributed by atoms with Gasteiger partial charge in [-0.15, -0.1) is 0 Å². The molecule has 0 spiro atoms. The molecule has 0 unspecified atom stereocenters. The average Bonchev–Trinajstić information content (AvgIpc) is 2.63. The molecule has 0 saturated heterocycles. The zero-order valence-electron chi connectivity index (χ0n) is 13.9. The number of rotatable bonds is 4. The van der Waals surface area contributed by atoms with Crippen LogP contribution in [0.15, 0.2) is 65.6 Å². The Kier molecular flexibility index (Phi) is 4.61. The third kappa shape index (κ3) is 3.58. The Hall–Kier alpha value is -3.41. The van der Waals surface area contributed by atoms with Gasteiger partial charge in [0, 0.05) is 12.3 Å². The second-order valence-electron chi connectivity index (χ2n) is 5.46. The van der Waals surface area contributed by atoms with Crippen LogP contribution in [0.5, 0.6) is 5.75 Å². The summed E-state index contributed by atoms with van der Waals surface area (Å²) in [4.78, 5) is 24.6. The molecule has 25 heavy (non-hydrogen) atoms. The maximum Gasteiger partial charge on any atom is 0.280 e. The van der Waals surface area contributed by atoms with Gasteiger partial charge >= 0.3 is 0 Å². The SMILES string of the molecule is COc1ccccc1NC(=O)c1nn(-c2ccc(C)cc2)ccc1=O. The topological polar surface area (TPSA) is 73.2 Å². The maximum atomic E-state index is 12.5. The van der Waals surface area contributed by atoms with E-state index < -0.39 is 11.3 Å². The van der Waals surface area contributed by atoms with Crippen molar-refractivity contribution in [3.05, 3.63) is 82.3 Å². The van der Waals surface area contributed by atoms with Crippen LogP contribution in [0, 0.1) is 6.92 Å². The Balaban J connectivity index is 1.93. The fraction of sp³-hybridized carbons (Fsp3) is 0.105. The third-order valence-corrected chi connectivity index (χ3v) is 3.68. The minimum atomic E-state index is -0.587. The van der Waals surface area contributed by atoms with Crippen LogP contribution in [0.3, 0.4) is 0 Å². The monoisotopic (exact) mass is 335 g/mol. The summed E-state index contributed by atoms with van der Waals surface area (Å²) in [5.41, 5.74) is 1.71. The van der Waals surface area contributed by atoms with Crippen molar-refractivity contribution in [2.75, 3.05) is 12.4 Å². The smallest absolute Gasteiger partial charge is 0.280 e. The summed E-state index contributed by atoms with van der Waals surface area (Å²) in [5, 5.41) is 6.84. The molecule has 1 aromatic heterocycles. The molecule has 0 atom stereocenters. The summed E-state index contributed by atoms with van der Waals surface area (Å²) in [7, 11) is 1.51. The van der Waals surface area contributed by atoms with Gasteiger partial charge in [0.05, 0.1) is 18.5 Å². The van der Waals surface area contributed by atoms with Gasteiger partial charge in [-0.3, -0.25) is 9.59 Å². The number of carbonyl (C=O) groups is 1. The highest BCUT2D eigenvalue weighted by Crippen LogP contribution is 2.23. The highest BCUT2D eigenvalue weighted by atomic mass is 16.5. The number of para-hydroxylation sites is 2. The van der Waals surface area contributed by atoms with Crippen molar-refractivity contribution in [1.29, 1.82) is 0 Å².